The van der Waals surface area contributed by atoms with Crippen LogP contribution in [-0.4, -0.2) is 18.6 Å². The largest absolute Gasteiger partial charge is 0.373 e. The van der Waals surface area contributed by atoms with Crippen molar-refractivity contribution in [1.82, 2.24) is 10.2 Å². The molecule has 0 spiro atoms. The molecule has 0 saturated carbocycles. The van der Waals surface area contributed by atoms with Gasteiger partial charge < -0.3 is 10.2 Å². The molecule has 1 aliphatic rings. The Bertz CT molecular complexity index is 68.9. The molecule has 0 saturated heterocycles. The van der Waals surface area contributed by atoms with Crippen molar-refractivity contribution in [3.63, 3.8) is 0 Å². The van der Waals surface area contributed by atoms with Gasteiger partial charge in [0.05, 0.1) is 6.67 Å². The average molecular weight is 114 g/mol. The van der Waals surface area contributed by atoms with Crippen LogP contribution in [0, 0.1) is 0 Å². The molecule has 0 aromatic carbocycles. The maximum absolute atomic E-state index is 3.02. The quantitative estimate of drug-likeness (QED) is 0.505. The van der Waals surface area contributed by atoms with Gasteiger partial charge in [0.15, 0.2) is 0 Å². The lowest BCUT2D eigenvalue weighted by Crippen LogP contribution is -2.14. The third-order valence-corrected chi connectivity index (χ3v) is 0.788. The van der Waals surface area contributed by atoms with Gasteiger partial charge in [-0.15, -0.1) is 0 Å². The normalized spacial score (nSPS) is 14.6. The number of hydrogen-bond donors (Lipinski definition) is 1. The van der Waals surface area contributed by atoms with Crippen molar-refractivity contribution in [1.29, 1.82) is 0 Å². The summed E-state index contributed by atoms with van der Waals surface area (Å²) in [7, 11) is 2.02. The molecule has 1 N–H and O–H groups in total. The molecule has 0 unspecified atom stereocenters. The van der Waals surface area contributed by atoms with Crippen molar-refractivity contribution in [3.8, 4) is 0 Å². The Labute approximate surface area is 51.2 Å². The summed E-state index contributed by atoms with van der Waals surface area (Å²) < 4.78 is 0. The molecular weight excluding hydrogens is 100 g/mol. The number of hydrogen-bond acceptors (Lipinski definition) is 2. The molecule has 2 heteroatoms. The fourth-order valence-corrected chi connectivity index (χ4v) is 0.429. The molecule has 0 fully saturated rings. The molecule has 0 amide bonds. The predicted molar refractivity (Wildman–Crippen MR) is 36.3 cm³/mol. The summed E-state index contributed by atoms with van der Waals surface area (Å²) in [6, 6.07) is 0. The highest BCUT2D eigenvalue weighted by atomic mass is 15.2. The standard InChI is InChI=1S/C4H8N2.C2H6/c1-6-3-2-5-4-6;1-2/h2-3,5H,4H2,1H3;1-2H3. The van der Waals surface area contributed by atoms with Crippen LogP contribution in [0.5, 0.6) is 0 Å². The minimum Gasteiger partial charge on any atom is -0.373 e. The summed E-state index contributed by atoms with van der Waals surface area (Å²) in [6.45, 7) is 4.96. The van der Waals surface area contributed by atoms with Gasteiger partial charge in [0.25, 0.3) is 0 Å². The van der Waals surface area contributed by atoms with E-state index in [-0.39, 0.29) is 0 Å². The zero-order valence-corrected chi connectivity index (χ0v) is 5.81. The van der Waals surface area contributed by atoms with Crippen LogP contribution in [0.2, 0.25) is 0 Å². The molecule has 0 aromatic rings. The monoisotopic (exact) mass is 114 g/mol. The molecular formula is C6H14N2. The van der Waals surface area contributed by atoms with E-state index in [1.807, 2.05) is 33.3 Å². The van der Waals surface area contributed by atoms with Gasteiger partial charge in [0, 0.05) is 19.4 Å². The minimum atomic E-state index is 0.958. The summed E-state index contributed by atoms with van der Waals surface area (Å²) in [6.07, 6.45) is 3.93. The van der Waals surface area contributed by atoms with E-state index in [1.165, 1.54) is 0 Å². The Morgan fingerprint density at radius 3 is 2.25 bits per heavy atom. The molecule has 1 aliphatic heterocycles. The Balaban J connectivity index is 0.000000222. The van der Waals surface area contributed by atoms with Crippen LogP contribution < -0.4 is 5.32 Å². The van der Waals surface area contributed by atoms with Gasteiger partial charge in [-0.2, -0.15) is 0 Å². The molecule has 48 valence electrons. The van der Waals surface area contributed by atoms with Crippen LogP contribution in [-0.2, 0) is 0 Å². The summed E-state index contributed by atoms with van der Waals surface area (Å²) in [5, 5.41) is 3.02. The molecule has 0 aliphatic carbocycles. The van der Waals surface area contributed by atoms with E-state index >= 15 is 0 Å². The highest BCUT2D eigenvalue weighted by molar-refractivity contribution is 4.84. The number of nitrogens with zero attached hydrogens (tertiary/aromatic N) is 1. The zero-order chi connectivity index (χ0) is 6.41. The number of nitrogens with one attached hydrogen (secondary N) is 1. The van der Waals surface area contributed by atoms with E-state index in [4.69, 9.17) is 0 Å². The first-order valence-electron chi connectivity index (χ1n) is 3.00. The molecule has 0 radical (unpaired) electrons. The van der Waals surface area contributed by atoms with Crippen molar-refractivity contribution in [2.75, 3.05) is 13.7 Å². The van der Waals surface area contributed by atoms with E-state index in [0.29, 0.717) is 0 Å². The topological polar surface area (TPSA) is 15.3 Å². The average Bonchev–Trinajstić information content (AvgIpc) is 2.24. The highest BCUT2D eigenvalue weighted by Gasteiger charge is 1.90. The molecule has 0 atom stereocenters. The second kappa shape index (κ2) is 4.50. The van der Waals surface area contributed by atoms with Crippen molar-refractivity contribution in [2.45, 2.75) is 13.8 Å². The SMILES string of the molecule is CC.CN1C=CNC1. The van der Waals surface area contributed by atoms with Crippen LogP contribution in [0.15, 0.2) is 12.4 Å². The highest BCUT2D eigenvalue weighted by Crippen LogP contribution is 1.84. The van der Waals surface area contributed by atoms with E-state index in [9.17, 15) is 0 Å². The first kappa shape index (κ1) is 7.34. The summed E-state index contributed by atoms with van der Waals surface area (Å²) in [5.41, 5.74) is 0. The molecule has 0 bridgehead atoms. The fraction of sp³-hybridized carbons (Fsp3) is 0.667. The van der Waals surface area contributed by atoms with E-state index in [2.05, 4.69) is 10.2 Å². The van der Waals surface area contributed by atoms with Gasteiger partial charge in [0.2, 0.25) is 0 Å². The molecule has 1 heterocycles. The maximum Gasteiger partial charge on any atom is 0.0864 e. The van der Waals surface area contributed by atoms with Crippen LogP contribution in [0.3, 0.4) is 0 Å². The van der Waals surface area contributed by atoms with Gasteiger partial charge >= 0.3 is 0 Å². The second-order valence-corrected chi connectivity index (χ2v) is 1.43. The minimum absolute atomic E-state index is 0.958. The van der Waals surface area contributed by atoms with Crippen LogP contribution in [0.25, 0.3) is 0 Å². The van der Waals surface area contributed by atoms with Crippen LogP contribution >= 0.6 is 0 Å². The van der Waals surface area contributed by atoms with Gasteiger partial charge in [0.1, 0.15) is 0 Å². The van der Waals surface area contributed by atoms with Crippen molar-refractivity contribution in [2.24, 2.45) is 0 Å². The van der Waals surface area contributed by atoms with Gasteiger partial charge in [-0.3, -0.25) is 0 Å². The fourth-order valence-electron chi connectivity index (χ4n) is 0.429. The van der Waals surface area contributed by atoms with Gasteiger partial charge in [-0.05, 0) is 0 Å². The van der Waals surface area contributed by atoms with Crippen molar-refractivity contribution < 1.29 is 0 Å². The maximum atomic E-state index is 3.02. The van der Waals surface area contributed by atoms with Gasteiger partial charge in [-0.25, -0.2) is 0 Å². The van der Waals surface area contributed by atoms with Crippen molar-refractivity contribution >= 4 is 0 Å². The van der Waals surface area contributed by atoms with Gasteiger partial charge in [-0.1, -0.05) is 13.8 Å². The van der Waals surface area contributed by atoms with E-state index in [1.54, 1.807) is 0 Å². The lowest BCUT2D eigenvalue weighted by atomic mass is 10.9. The lowest BCUT2D eigenvalue weighted by Gasteiger charge is -2.02. The number of rotatable bonds is 0. The van der Waals surface area contributed by atoms with E-state index in [0.717, 1.165) is 6.67 Å². The zero-order valence-electron chi connectivity index (χ0n) is 5.81. The predicted octanol–water partition coefficient (Wildman–Crippen LogP) is 0.976. The summed E-state index contributed by atoms with van der Waals surface area (Å²) >= 11 is 0. The smallest absolute Gasteiger partial charge is 0.0864 e. The first-order chi connectivity index (χ1) is 3.89. The first-order valence-corrected chi connectivity index (χ1v) is 3.00. The molecule has 1 rings (SSSR count). The molecule has 2 nitrogen and oxygen atoms in total. The third kappa shape index (κ3) is 2.50. The lowest BCUT2D eigenvalue weighted by molar-refractivity contribution is 0.474. The Hall–Kier alpha value is -0.660. The molecule has 8 heavy (non-hydrogen) atoms. The summed E-state index contributed by atoms with van der Waals surface area (Å²) in [4.78, 5) is 2.07. The van der Waals surface area contributed by atoms with Crippen molar-refractivity contribution in [3.05, 3.63) is 12.4 Å². The molecule has 0 aromatic heterocycles. The Kier molecular flexibility index (Phi) is 4.13. The van der Waals surface area contributed by atoms with Crippen LogP contribution in [0.1, 0.15) is 13.8 Å². The Morgan fingerprint density at radius 2 is 2.12 bits per heavy atom. The Morgan fingerprint density at radius 1 is 1.50 bits per heavy atom. The third-order valence-electron chi connectivity index (χ3n) is 0.788. The van der Waals surface area contributed by atoms with Crippen LogP contribution in [0.4, 0.5) is 0 Å². The van der Waals surface area contributed by atoms with E-state index < -0.39 is 0 Å². The second-order valence-electron chi connectivity index (χ2n) is 1.43. The summed E-state index contributed by atoms with van der Waals surface area (Å²) in [5.74, 6) is 0.